The summed E-state index contributed by atoms with van der Waals surface area (Å²) in [4.78, 5) is 3.90. The molecule has 0 unspecified atom stereocenters. The summed E-state index contributed by atoms with van der Waals surface area (Å²) >= 11 is 4.42. The van der Waals surface area contributed by atoms with E-state index < -0.39 is 0 Å². The van der Waals surface area contributed by atoms with Gasteiger partial charge in [-0.2, -0.15) is 4.98 Å². The first-order valence-electron chi connectivity index (χ1n) is 6.36. The Labute approximate surface area is 142 Å². The number of nitrogens with one attached hydrogen (secondary N) is 1. The van der Waals surface area contributed by atoms with Crippen LogP contribution in [0, 0.1) is 11.2 Å². The van der Waals surface area contributed by atoms with E-state index in [1.165, 1.54) is 24.2 Å². The fourth-order valence-corrected chi connectivity index (χ4v) is 2.99. The third-order valence-corrected chi connectivity index (χ3v) is 4.41. The molecule has 0 saturated carbocycles. The van der Waals surface area contributed by atoms with Crippen molar-refractivity contribution in [2.24, 2.45) is 0 Å². The molecule has 2 heterocycles. The second-order valence-electron chi connectivity index (χ2n) is 4.46. The van der Waals surface area contributed by atoms with Crippen LogP contribution in [0.3, 0.4) is 0 Å². The van der Waals surface area contributed by atoms with Crippen molar-refractivity contribution in [3.05, 3.63) is 52.0 Å². The van der Waals surface area contributed by atoms with Gasteiger partial charge in [-0.1, -0.05) is 23.0 Å². The summed E-state index contributed by atoms with van der Waals surface area (Å²) in [5, 5.41) is 19.9. The minimum Gasteiger partial charge on any atom is -0.343 e. The van der Waals surface area contributed by atoms with Crippen LogP contribution in [0.2, 0.25) is 0 Å². The average Bonchev–Trinajstić information content (AvgIpc) is 3.19. The van der Waals surface area contributed by atoms with Gasteiger partial charge in [-0.05, 0) is 43.9 Å². The van der Waals surface area contributed by atoms with Crippen molar-refractivity contribution in [3.63, 3.8) is 0 Å². The van der Waals surface area contributed by atoms with Crippen LogP contribution in [0.4, 0.5) is 4.39 Å². The molecule has 3 rings (SSSR count). The zero-order valence-corrected chi connectivity index (χ0v) is 13.9. The molecule has 3 aromatic rings. The number of hydrogen-bond acceptors (Lipinski definition) is 8. The summed E-state index contributed by atoms with van der Waals surface area (Å²) in [6, 6.07) is 4.59. The molecule has 7 nitrogen and oxygen atoms in total. The van der Waals surface area contributed by atoms with Crippen LogP contribution >= 0.6 is 27.7 Å². The van der Waals surface area contributed by atoms with Crippen molar-refractivity contribution in [3.8, 4) is 0 Å². The van der Waals surface area contributed by atoms with E-state index >= 15 is 0 Å². The van der Waals surface area contributed by atoms with Gasteiger partial charge in [-0.3, -0.25) is 0 Å². The molecule has 0 atom stereocenters. The summed E-state index contributed by atoms with van der Waals surface area (Å²) in [7, 11) is 0. The monoisotopic (exact) mass is 397 g/mol. The Bertz CT molecular complexity index is 824. The molecule has 1 N–H and O–H groups in total. The van der Waals surface area contributed by atoms with Gasteiger partial charge in [0, 0.05) is 6.42 Å². The van der Waals surface area contributed by atoms with Gasteiger partial charge < -0.3 is 9.93 Å². The summed E-state index contributed by atoms with van der Waals surface area (Å²) < 4.78 is 23.0. The highest BCUT2D eigenvalue weighted by atomic mass is 79.9. The quantitative estimate of drug-likeness (QED) is 0.502. The Morgan fingerprint density at radius 2 is 2.17 bits per heavy atom. The molecule has 0 saturated heterocycles. The van der Waals surface area contributed by atoms with Crippen LogP contribution in [0.5, 0.6) is 0 Å². The molecule has 0 spiro atoms. The predicted molar refractivity (Wildman–Crippen MR) is 82.8 cm³/mol. The van der Waals surface area contributed by atoms with Crippen LogP contribution in [0.15, 0.2) is 43.2 Å². The van der Waals surface area contributed by atoms with E-state index in [2.05, 4.69) is 40.9 Å². The molecule has 0 fully saturated rings. The minimum absolute atomic E-state index is 0.223. The topological polar surface area (TPSA) is 102 Å². The SMILES string of the molecule is N=C(Cc1ccc(F)c(Br)c1)c1nonc1SCc1ncon1. The lowest BCUT2D eigenvalue weighted by Gasteiger charge is -2.03. The molecule has 0 aliphatic rings. The zero-order valence-electron chi connectivity index (χ0n) is 11.5. The molecule has 0 aliphatic heterocycles. The highest BCUT2D eigenvalue weighted by molar-refractivity contribution is 9.10. The second-order valence-corrected chi connectivity index (χ2v) is 6.28. The van der Waals surface area contributed by atoms with Crippen molar-refractivity contribution in [2.45, 2.75) is 17.2 Å². The van der Waals surface area contributed by atoms with E-state index in [1.807, 2.05) is 0 Å². The van der Waals surface area contributed by atoms with Gasteiger partial charge in [0.15, 0.2) is 16.5 Å². The van der Waals surface area contributed by atoms with E-state index in [1.54, 1.807) is 12.1 Å². The molecule has 0 radical (unpaired) electrons. The Hall–Kier alpha value is -2.07. The first-order chi connectivity index (χ1) is 11.1. The average molecular weight is 398 g/mol. The van der Waals surface area contributed by atoms with Crippen LogP contribution in [0.1, 0.15) is 17.1 Å². The predicted octanol–water partition coefficient (Wildman–Crippen LogP) is 3.26. The van der Waals surface area contributed by atoms with Crippen LogP contribution in [-0.4, -0.2) is 26.2 Å². The third kappa shape index (κ3) is 3.82. The number of aromatic nitrogens is 4. The molecular weight excluding hydrogens is 389 g/mol. The molecule has 0 amide bonds. The highest BCUT2D eigenvalue weighted by Gasteiger charge is 2.17. The Morgan fingerprint density at radius 3 is 2.91 bits per heavy atom. The molecular formula is C13H9BrFN5O2S. The van der Waals surface area contributed by atoms with E-state index in [9.17, 15) is 4.39 Å². The largest absolute Gasteiger partial charge is 0.343 e. The molecule has 23 heavy (non-hydrogen) atoms. The van der Waals surface area contributed by atoms with E-state index in [0.29, 0.717) is 26.8 Å². The molecule has 2 aromatic heterocycles. The van der Waals surface area contributed by atoms with Crippen molar-refractivity contribution in [2.75, 3.05) is 0 Å². The van der Waals surface area contributed by atoms with Crippen molar-refractivity contribution >= 4 is 33.4 Å². The summed E-state index contributed by atoms with van der Waals surface area (Å²) in [5.41, 5.74) is 1.35. The maximum absolute atomic E-state index is 13.2. The van der Waals surface area contributed by atoms with Gasteiger partial charge in [0.05, 0.1) is 15.9 Å². The Morgan fingerprint density at radius 1 is 1.30 bits per heavy atom. The maximum atomic E-state index is 13.2. The normalized spacial score (nSPS) is 10.9. The van der Waals surface area contributed by atoms with Crippen molar-refractivity contribution < 1.29 is 13.5 Å². The molecule has 0 aliphatic carbocycles. The van der Waals surface area contributed by atoms with Crippen LogP contribution < -0.4 is 0 Å². The lowest BCUT2D eigenvalue weighted by Crippen LogP contribution is -2.06. The van der Waals surface area contributed by atoms with Gasteiger partial charge in [-0.15, -0.1) is 0 Å². The maximum Gasteiger partial charge on any atom is 0.213 e. The second kappa shape index (κ2) is 7.01. The molecule has 0 bridgehead atoms. The minimum atomic E-state index is -0.347. The summed E-state index contributed by atoms with van der Waals surface area (Å²) in [5.74, 6) is 0.588. The third-order valence-electron chi connectivity index (χ3n) is 2.85. The number of benzene rings is 1. The van der Waals surface area contributed by atoms with Gasteiger partial charge in [-0.25, -0.2) is 9.02 Å². The standard InChI is InChI=1S/C13H9BrFN5O2S/c14-8-3-7(1-2-9(8)15)4-10(16)12-13(20-22-19-12)23-5-11-17-6-21-18-11/h1-3,6,16H,4-5H2. The van der Waals surface area contributed by atoms with E-state index in [-0.39, 0.29) is 17.9 Å². The zero-order chi connectivity index (χ0) is 16.2. The molecule has 1 aromatic carbocycles. The first-order valence-corrected chi connectivity index (χ1v) is 8.13. The van der Waals surface area contributed by atoms with Gasteiger partial charge >= 0.3 is 0 Å². The Kier molecular flexibility index (Phi) is 4.82. The van der Waals surface area contributed by atoms with E-state index in [4.69, 9.17) is 10.0 Å². The van der Waals surface area contributed by atoms with Crippen LogP contribution in [0.25, 0.3) is 0 Å². The van der Waals surface area contributed by atoms with Crippen molar-refractivity contribution in [1.29, 1.82) is 5.41 Å². The van der Waals surface area contributed by atoms with Gasteiger partial charge in [0.2, 0.25) is 6.39 Å². The molecule has 118 valence electrons. The highest BCUT2D eigenvalue weighted by Crippen LogP contribution is 2.24. The van der Waals surface area contributed by atoms with Gasteiger partial charge in [0.25, 0.3) is 0 Å². The fourth-order valence-electron chi connectivity index (χ4n) is 1.79. The van der Waals surface area contributed by atoms with Crippen LogP contribution in [-0.2, 0) is 12.2 Å². The number of rotatable bonds is 6. The molecule has 10 heteroatoms. The number of nitrogens with zero attached hydrogens (tertiary/aromatic N) is 4. The van der Waals surface area contributed by atoms with Crippen molar-refractivity contribution in [1.82, 2.24) is 20.5 Å². The Balaban J connectivity index is 1.70. The fraction of sp³-hybridized carbons (Fsp3) is 0.154. The van der Waals surface area contributed by atoms with E-state index in [0.717, 1.165) is 5.56 Å². The summed E-state index contributed by atoms with van der Waals surface area (Å²) in [6.07, 6.45) is 1.52. The smallest absolute Gasteiger partial charge is 0.213 e. The number of thioether (sulfide) groups is 1. The number of hydrogen-bond donors (Lipinski definition) is 1. The lowest BCUT2D eigenvalue weighted by molar-refractivity contribution is 0.298. The lowest BCUT2D eigenvalue weighted by atomic mass is 10.1. The first kappa shape index (κ1) is 15.8. The number of halogens is 2. The summed E-state index contributed by atoms with van der Waals surface area (Å²) in [6.45, 7) is 0. The van der Waals surface area contributed by atoms with Gasteiger partial charge in [0.1, 0.15) is 5.82 Å².